The van der Waals surface area contributed by atoms with Crippen molar-refractivity contribution in [1.82, 2.24) is 9.78 Å². The number of nitrogen functional groups attached to an aromatic ring is 1. The summed E-state index contributed by atoms with van der Waals surface area (Å²) in [6.45, 7) is 4.25. The molecule has 0 unspecified atom stereocenters. The summed E-state index contributed by atoms with van der Waals surface area (Å²) in [5.41, 5.74) is 7.34. The van der Waals surface area contributed by atoms with Crippen LogP contribution in [0.5, 0.6) is 0 Å². The minimum Gasteiger partial charge on any atom is -0.383 e. The molecule has 17 heavy (non-hydrogen) atoms. The minimum atomic E-state index is -0.629. The van der Waals surface area contributed by atoms with Crippen molar-refractivity contribution < 1.29 is 8.78 Å². The highest BCUT2D eigenvalue weighted by molar-refractivity contribution is 5.76. The number of nitrogens with two attached hydrogens (primary N) is 1. The average Bonchev–Trinajstić information content (AvgIpc) is 2.55. The summed E-state index contributed by atoms with van der Waals surface area (Å²) < 4.78 is 28.1. The fourth-order valence-corrected chi connectivity index (χ4v) is 1.87. The molecule has 1 aromatic heterocycles. The van der Waals surface area contributed by atoms with Gasteiger partial charge in [0.25, 0.3) is 0 Å². The van der Waals surface area contributed by atoms with E-state index in [0.717, 1.165) is 6.07 Å². The lowest BCUT2D eigenvalue weighted by molar-refractivity contribution is 0.585. The summed E-state index contributed by atoms with van der Waals surface area (Å²) >= 11 is 0. The molecule has 0 amide bonds. The molecule has 0 bridgehead atoms. The lowest BCUT2D eigenvalue weighted by Crippen LogP contribution is -2.02. The molecular weight excluding hydrogens is 224 g/mol. The Morgan fingerprint density at radius 3 is 2.59 bits per heavy atom. The van der Waals surface area contributed by atoms with Gasteiger partial charge in [-0.05, 0) is 26.0 Å². The first-order valence-corrected chi connectivity index (χ1v) is 5.33. The van der Waals surface area contributed by atoms with Crippen molar-refractivity contribution in [1.29, 1.82) is 0 Å². The molecule has 0 aliphatic rings. The molecule has 0 aliphatic carbocycles. The Balaban J connectivity index is 2.64. The highest BCUT2D eigenvalue weighted by Crippen LogP contribution is 2.31. The number of benzene rings is 1. The van der Waals surface area contributed by atoms with Gasteiger partial charge in [0.15, 0.2) is 0 Å². The Kier molecular flexibility index (Phi) is 2.83. The highest BCUT2D eigenvalue weighted by atomic mass is 19.1. The van der Waals surface area contributed by atoms with Gasteiger partial charge < -0.3 is 5.73 Å². The first kappa shape index (κ1) is 11.6. The molecule has 1 heterocycles. The summed E-state index contributed by atoms with van der Waals surface area (Å²) in [4.78, 5) is 0. The summed E-state index contributed by atoms with van der Waals surface area (Å²) in [6.07, 6.45) is 0. The smallest absolute Gasteiger partial charge is 0.134 e. The van der Waals surface area contributed by atoms with Crippen LogP contribution in [-0.2, 0) is 6.54 Å². The quantitative estimate of drug-likeness (QED) is 0.872. The van der Waals surface area contributed by atoms with Gasteiger partial charge in [0, 0.05) is 23.7 Å². The molecule has 1 aromatic carbocycles. The molecule has 2 aromatic rings. The van der Waals surface area contributed by atoms with Crippen LogP contribution in [0.15, 0.2) is 18.2 Å². The standard InChI is InChI=1S/C12H13F2N3/c1-3-17-12(15)11(7(2)16-17)9-5-4-8(13)6-10(9)14/h4-6H,3,15H2,1-2H3. The number of hydrogen-bond donors (Lipinski definition) is 1. The molecule has 2 N–H and O–H groups in total. The molecule has 0 saturated carbocycles. The van der Waals surface area contributed by atoms with E-state index in [9.17, 15) is 8.78 Å². The first-order valence-electron chi connectivity index (χ1n) is 5.33. The molecule has 0 atom stereocenters. The van der Waals surface area contributed by atoms with E-state index < -0.39 is 11.6 Å². The summed E-state index contributed by atoms with van der Waals surface area (Å²) in [5, 5.41) is 4.20. The Hall–Kier alpha value is -1.91. The third-order valence-electron chi connectivity index (χ3n) is 2.67. The second-order valence-corrected chi connectivity index (χ2v) is 3.79. The van der Waals surface area contributed by atoms with Crippen LogP contribution < -0.4 is 5.73 Å². The Morgan fingerprint density at radius 1 is 1.35 bits per heavy atom. The van der Waals surface area contributed by atoms with Gasteiger partial charge in [-0.3, -0.25) is 0 Å². The number of nitrogens with zero attached hydrogens (tertiary/aromatic N) is 2. The fourth-order valence-electron chi connectivity index (χ4n) is 1.87. The Bertz CT molecular complexity index is 561. The topological polar surface area (TPSA) is 43.8 Å². The van der Waals surface area contributed by atoms with Gasteiger partial charge in [0.2, 0.25) is 0 Å². The zero-order valence-corrected chi connectivity index (χ0v) is 9.67. The number of aryl methyl sites for hydroxylation is 2. The van der Waals surface area contributed by atoms with E-state index in [0.29, 0.717) is 23.6 Å². The van der Waals surface area contributed by atoms with Gasteiger partial charge in [-0.15, -0.1) is 0 Å². The fraction of sp³-hybridized carbons (Fsp3) is 0.250. The van der Waals surface area contributed by atoms with Crippen LogP contribution in [0.4, 0.5) is 14.6 Å². The van der Waals surface area contributed by atoms with E-state index in [2.05, 4.69) is 5.10 Å². The van der Waals surface area contributed by atoms with E-state index in [4.69, 9.17) is 5.73 Å². The molecular formula is C12H13F2N3. The van der Waals surface area contributed by atoms with Gasteiger partial charge >= 0.3 is 0 Å². The Labute approximate surface area is 97.9 Å². The summed E-state index contributed by atoms with van der Waals surface area (Å²) in [7, 11) is 0. The van der Waals surface area contributed by atoms with Crippen LogP contribution in [-0.4, -0.2) is 9.78 Å². The van der Waals surface area contributed by atoms with Gasteiger partial charge in [-0.2, -0.15) is 5.10 Å². The van der Waals surface area contributed by atoms with Crippen molar-refractivity contribution in [3.8, 4) is 11.1 Å². The van der Waals surface area contributed by atoms with Gasteiger partial charge in [0.05, 0.1) is 5.69 Å². The molecule has 0 aliphatic heterocycles. The molecule has 0 saturated heterocycles. The van der Waals surface area contributed by atoms with Gasteiger partial charge in [-0.1, -0.05) is 0 Å². The molecule has 2 rings (SSSR count). The van der Waals surface area contributed by atoms with E-state index in [1.54, 1.807) is 11.6 Å². The SMILES string of the molecule is CCn1nc(C)c(-c2ccc(F)cc2F)c1N. The number of anilines is 1. The van der Waals surface area contributed by atoms with Crippen LogP contribution in [0.25, 0.3) is 11.1 Å². The van der Waals surface area contributed by atoms with Crippen molar-refractivity contribution in [2.45, 2.75) is 20.4 Å². The zero-order chi connectivity index (χ0) is 12.6. The van der Waals surface area contributed by atoms with Crippen LogP contribution in [0.2, 0.25) is 0 Å². The van der Waals surface area contributed by atoms with Crippen LogP contribution >= 0.6 is 0 Å². The van der Waals surface area contributed by atoms with E-state index in [1.165, 1.54) is 12.1 Å². The maximum absolute atomic E-state index is 13.7. The van der Waals surface area contributed by atoms with E-state index in [1.807, 2.05) is 6.92 Å². The van der Waals surface area contributed by atoms with Crippen molar-refractivity contribution in [3.05, 3.63) is 35.5 Å². The van der Waals surface area contributed by atoms with Crippen LogP contribution in [0.3, 0.4) is 0 Å². The zero-order valence-electron chi connectivity index (χ0n) is 9.67. The third kappa shape index (κ3) is 1.88. The van der Waals surface area contributed by atoms with E-state index >= 15 is 0 Å². The molecule has 0 spiro atoms. The predicted molar refractivity (Wildman–Crippen MR) is 62.4 cm³/mol. The molecule has 5 heteroatoms. The van der Waals surface area contributed by atoms with Crippen molar-refractivity contribution in [2.24, 2.45) is 0 Å². The molecule has 0 fully saturated rings. The maximum atomic E-state index is 13.7. The number of halogens is 2. The normalized spacial score (nSPS) is 10.8. The summed E-state index contributed by atoms with van der Waals surface area (Å²) in [6, 6.07) is 3.43. The van der Waals surface area contributed by atoms with Crippen LogP contribution in [0, 0.1) is 18.6 Å². The lowest BCUT2D eigenvalue weighted by Gasteiger charge is -2.04. The maximum Gasteiger partial charge on any atom is 0.134 e. The largest absolute Gasteiger partial charge is 0.383 e. The molecule has 90 valence electrons. The predicted octanol–water partition coefficient (Wildman–Crippen LogP) is 2.74. The molecule has 3 nitrogen and oxygen atoms in total. The number of hydrogen-bond acceptors (Lipinski definition) is 2. The Morgan fingerprint density at radius 2 is 2.06 bits per heavy atom. The van der Waals surface area contributed by atoms with Crippen molar-refractivity contribution in [3.63, 3.8) is 0 Å². The van der Waals surface area contributed by atoms with E-state index in [-0.39, 0.29) is 5.56 Å². The first-order chi connectivity index (χ1) is 8.04. The number of rotatable bonds is 2. The minimum absolute atomic E-state index is 0.279. The van der Waals surface area contributed by atoms with Crippen molar-refractivity contribution in [2.75, 3.05) is 5.73 Å². The van der Waals surface area contributed by atoms with Gasteiger partial charge in [0.1, 0.15) is 17.5 Å². The monoisotopic (exact) mass is 237 g/mol. The summed E-state index contributed by atoms with van der Waals surface area (Å²) in [5.74, 6) is -0.837. The number of aromatic nitrogens is 2. The second kappa shape index (κ2) is 4.16. The third-order valence-corrected chi connectivity index (χ3v) is 2.67. The second-order valence-electron chi connectivity index (χ2n) is 3.79. The highest BCUT2D eigenvalue weighted by Gasteiger charge is 2.17. The molecule has 0 radical (unpaired) electrons. The average molecular weight is 237 g/mol. The van der Waals surface area contributed by atoms with Crippen molar-refractivity contribution >= 4 is 5.82 Å². The lowest BCUT2D eigenvalue weighted by atomic mass is 10.1. The van der Waals surface area contributed by atoms with Gasteiger partial charge in [-0.25, -0.2) is 13.5 Å². The van der Waals surface area contributed by atoms with Crippen LogP contribution in [0.1, 0.15) is 12.6 Å².